The minimum Gasteiger partial charge on any atom is -0.311 e. The van der Waals surface area contributed by atoms with Crippen LogP contribution >= 0.6 is 0 Å². The van der Waals surface area contributed by atoms with E-state index in [9.17, 15) is 19.3 Å². The topological polar surface area (TPSA) is 65.1 Å². The number of benzene rings is 1. The van der Waals surface area contributed by atoms with Crippen molar-refractivity contribution in [3.05, 3.63) is 74.4 Å². The fourth-order valence-electron chi connectivity index (χ4n) is 1.60. The highest BCUT2D eigenvalue weighted by Crippen LogP contribution is 2.20. The molecule has 0 amide bonds. The van der Waals surface area contributed by atoms with Crippen LogP contribution in [0.3, 0.4) is 0 Å². The van der Waals surface area contributed by atoms with Gasteiger partial charge in [0.2, 0.25) is 5.82 Å². The van der Waals surface area contributed by atoms with Gasteiger partial charge < -0.3 is 4.57 Å². The smallest absolute Gasteiger partial charge is 0.305 e. The number of nitro groups is 1. The Labute approximate surface area is 101 Å². The molecule has 0 aliphatic rings. The van der Waals surface area contributed by atoms with Gasteiger partial charge in [0.1, 0.15) is 0 Å². The molecule has 0 atom stereocenters. The molecule has 5 nitrogen and oxygen atoms in total. The van der Waals surface area contributed by atoms with Crippen LogP contribution in [0, 0.1) is 15.9 Å². The molecule has 1 heterocycles. The molecule has 1 aromatic carbocycles. The Morgan fingerprint density at radius 3 is 2.67 bits per heavy atom. The average molecular weight is 248 g/mol. The van der Waals surface area contributed by atoms with Crippen molar-refractivity contribution < 1.29 is 9.31 Å². The summed E-state index contributed by atoms with van der Waals surface area (Å²) >= 11 is 0. The van der Waals surface area contributed by atoms with Crippen molar-refractivity contribution in [2.45, 2.75) is 6.54 Å². The normalized spacial score (nSPS) is 10.3. The van der Waals surface area contributed by atoms with E-state index in [1.165, 1.54) is 29.0 Å². The SMILES string of the molecule is O=c1ccccn1Cc1cccc([N+](=O)[O-])c1F. The third-order valence-electron chi connectivity index (χ3n) is 2.49. The van der Waals surface area contributed by atoms with Crippen molar-refractivity contribution in [3.63, 3.8) is 0 Å². The zero-order chi connectivity index (χ0) is 13.1. The van der Waals surface area contributed by atoms with Crippen LogP contribution in [-0.2, 0) is 6.54 Å². The zero-order valence-corrected chi connectivity index (χ0v) is 9.25. The molecule has 0 unspecified atom stereocenters. The van der Waals surface area contributed by atoms with E-state index in [4.69, 9.17) is 0 Å². The first-order valence-corrected chi connectivity index (χ1v) is 5.17. The van der Waals surface area contributed by atoms with Crippen LogP contribution in [0.25, 0.3) is 0 Å². The lowest BCUT2D eigenvalue weighted by molar-refractivity contribution is -0.387. The van der Waals surface area contributed by atoms with Crippen molar-refractivity contribution >= 4 is 5.69 Å². The molecule has 0 aliphatic carbocycles. The summed E-state index contributed by atoms with van der Waals surface area (Å²) < 4.78 is 15.1. The molecule has 0 N–H and O–H groups in total. The van der Waals surface area contributed by atoms with Gasteiger partial charge >= 0.3 is 5.69 Å². The van der Waals surface area contributed by atoms with Gasteiger partial charge in [-0.2, -0.15) is 4.39 Å². The van der Waals surface area contributed by atoms with Crippen LogP contribution in [0.15, 0.2) is 47.4 Å². The largest absolute Gasteiger partial charge is 0.311 e. The highest BCUT2D eigenvalue weighted by atomic mass is 19.1. The lowest BCUT2D eigenvalue weighted by Crippen LogP contribution is -2.19. The number of rotatable bonds is 3. The maximum absolute atomic E-state index is 13.8. The minimum absolute atomic E-state index is 0.0345. The molecule has 1 aromatic heterocycles. The van der Waals surface area contributed by atoms with Crippen LogP contribution in [0.4, 0.5) is 10.1 Å². The Kier molecular flexibility index (Phi) is 3.18. The number of nitrogens with zero attached hydrogens (tertiary/aromatic N) is 2. The minimum atomic E-state index is -0.904. The summed E-state index contributed by atoms with van der Waals surface area (Å²) in [6.07, 6.45) is 1.50. The Balaban J connectivity index is 2.42. The van der Waals surface area contributed by atoms with Crippen molar-refractivity contribution in [1.82, 2.24) is 4.57 Å². The second kappa shape index (κ2) is 4.79. The predicted octanol–water partition coefficient (Wildman–Crippen LogP) is 1.94. The second-order valence-electron chi connectivity index (χ2n) is 3.67. The molecule has 2 rings (SSSR count). The van der Waals surface area contributed by atoms with E-state index in [0.717, 1.165) is 6.07 Å². The molecule has 0 fully saturated rings. The maximum Gasteiger partial charge on any atom is 0.305 e. The van der Waals surface area contributed by atoms with Gasteiger partial charge in [0.05, 0.1) is 11.5 Å². The molecule has 0 radical (unpaired) electrons. The van der Waals surface area contributed by atoms with Crippen LogP contribution in [0.5, 0.6) is 0 Å². The first-order chi connectivity index (χ1) is 8.59. The molecule has 0 spiro atoms. The summed E-state index contributed by atoms with van der Waals surface area (Å²) in [6, 6.07) is 8.45. The summed E-state index contributed by atoms with van der Waals surface area (Å²) in [5.74, 6) is -0.904. The molecule has 18 heavy (non-hydrogen) atoms. The maximum atomic E-state index is 13.8. The molecular weight excluding hydrogens is 239 g/mol. The predicted molar refractivity (Wildman–Crippen MR) is 62.9 cm³/mol. The lowest BCUT2D eigenvalue weighted by Gasteiger charge is -2.06. The molecule has 0 aliphatic heterocycles. The lowest BCUT2D eigenvalue weighted by atomic mass is 10.2. The summed E-state index contributed by atoms with van der Waals surface area (Å²) in [5, 5.41) is 10.6. The number of aromatic nitrogens is 1. The van der Waals surface area contributed by atoms with Gasteiger partial charge in [-0.3, -0.25) is 14.9 Å². The van der Waals surface area contributed by atoms with Crippen molar-refractivity contribution in [2.75, 3.05) is 0 Å². The molecule has 0 bridgehead atoms. The van der Waals surface area contributed by atoms with Crippen LogP contribution in [-0.4, -0.2) is 9.49 Å². The number of halogens is 1. The van der Waals surface area contributed by atoms with E-state index in [1.807, 2.05) is 0 Å². The Morgan fingerprint density at radius 2 is 2.00 bits per heavy atom. The average Bonchev–Trinajstić information content (AvgIpc) is 2.34. The van der Waals surface area contributed by atoms with Gasteiger partial charge in [0.15, 0.2) is 0 Å². The van der Waals surface area contributed by atoms with E-state index in [1.54, 1.807) is 12.1 Å². The Hall–Kier alpha value is -2.50. The number of pyridine rings is 1. The highest BCUT2D eigenvalue weighted by Gasteiger charge is 2.17. The first-order valence-electron chi connectivity index (χ1n) is 5.17. The zero-order valence-electron chi connectivity index (χ0n) is 9.25. The van der Waals surface area contributed by atoms with Crippen LogP contribution in [0.2, 0.25) is 0 Å². The Bertz CT molecular complexity index is 652. The van der Waals surface area contributed by atoms with Gasteiger partial charge in [-0.15, -0.1) is 0 Å². The monoisotopic (exact) mass is 248 g/mol. The highest BCUT2D eigenvalue weighted by molar-refractivity contribution is 5.36. The summed E-state index contributed by atoms with van der Waals surface area (Å²) in [7, 11) is 0. The van der Waals surface area contributed by atoms with Gasteiger partial charge in [-0.1, -0.05) is 18.2 Å². The number of hydrogen-bond donors (Lipinski definition) is 0. The van der Waals surface area contributed by atoms with Gasteiger partial charge in [0, 0.05) is 23.9 Å². The molecular formula is C12H9FN2O3. The number of nitro benzene ring substituents is 1. The molecule has 2 aromatic rings. The quantitative estimate of drug-likeness (QED) is 0.616. The van der Waals surface area contributed by atoms with Gasteiger partial charge in [-0.25, -0.2) is 0 Å². The number of hydrogen-bond acceptors (Lipinski definition) is 3. The van der Waals surface area contributed by atoms with Crippen LogP contribution in [0.1, 0.15) is 5.56 Å². The molecule has 0 saturated heterocycles. The third-order valence-corrected chi connectivity index (χ3v) is 2.49. The van der Waals surface area contributed by atoms with E-state index in [-0.39, 0.29) is 17.7 Å². The van der Waals surface area contributed by atoms with E-state index >= 15 is 0 Å². The van der Waals surface area contributed by atoms with Crippen molar-refractivity contribution in [1.29, 1.82) is 0 Å². The Morgan fingerprint density at radius 1 is 1.22 bits per heavy atom. The fourth-order valence-corrected chi connectivity index (χ4v) is 1.60. The van der Waals surface area contributed by atoms with Gasteiger partial charge in [-0.05, 0) is 6.07 Å². The fraction of sp³-hybridized carbons (Fsp3) is 0.0833. The van der Waals surface area contributed by atoms with E-state index in [0.29, 0.717) is 0 Å². The standard InChI is InChI=1S/C12H9FN2O3/c13-12-9(4-3-5-10(12)15(17)18)8-14-7-2-1-6-11(14)16/h1-7H,8H2. The molecule has 92 valence electrons. The van der Waals surface area contributed by atoms with E-state index in [2.05, 4.69) is 0 Å². The van der Waals surface area contributed by atoms with Gasteiger partial charge in [0.25, 0.3) is 5.56 Å². The summed E-state index contributed by atoms with van der Waals surface area (Å²) in [5.41, 5.74) is -0.766. The summed E-state index contributed by atoms with van der Waals surface area (Å²) in [4.78, 5) is 21.3. The second-order valence-corrected chi connectivity index (χ2v) is 3.67. The van der Waals surface area contributed by atoms with Crippen LogP contribution < -0.4 is 5.56 Å². The first kappa shape index (κ1) is 12.0. The van der Waals surface area contributed by atoms with Crippen molar-refractivity contribution in [2.24, 2.45) is 0 Å². The molecule has 0 saturated carbocycles. The van der Waals surface area contributed by atoms with Crippen molar-refractivity contribution in [3.8, 4) is 0 Å². The molecule has 6 heteroatoms. The summed E-state index contributed by atoms with van der Waals surface area (Å²) in [6.45, 7) is -0.0345. The third kappa shape index (κ3) is 2.27. The van der Waals surface area contributed by atoms with E-state index < -0.39 is 16.4 Å².